The van der Waals surface area contributed by atoms with Crippen molar-refractivity contribution in [3.05, 3.63) is 11.5 Å². The van der Waals surface area contributed by atoms with Crippen molar-refractivity contribution in [3.8, 4) is 0 Å². The van der Waals surface area contributed by atoms with Gasteiger partial charge in [-0.15, -0.1) is 0 Å². The highest BCUT2D eigenvalue weighted by Crippen LogP contribution is 2.05. The van der Waals surface area contributed by atoms with Crippen LogP contribution in [0.25, 0.3) is 0 Å². The molecule has 0 saturated carbocycles. The van der Waals surface area contributed by atoms with E-state index in [0.717, 1.165) is 0 Å². The zero-order chi connectivity index (χ0) is 8.81. The summed E-state index contributed by atoms with van der Waals surface area (Å²) in [6, 6.07) is 0. The fourth-order valence-electron chi connectivity index (χ4n) is 0.758. The van der Waals surface area contributed by atoms with E-state index in [-0.39, 0.29) is 12.7 Å². The van der Waals surface area contributed by atoms with Crippen molar-refractivity contribution in [2.24, 2.45) is 0 Å². The number of ether oxygens (including phenoxy) is 3. The van der Waals surface area contributed by atoms with Gasteiger partial charge in [0.1, 0.15) is 6.61 Å². The molecule has 0 aromatic heterocycles. The summed E-state index contributed by atoms with van der Waals surface area (Å²) in [5, 5.41) is 1.59. The van der Waals surface area contributed by atoms with Crippen molar-refractivity contribution in [3.63, 3.8) is 0 Å². The molecule has 0 aromatic rings. The maximum absolute atomic E-state index is 10.4. The molecule has 0 radical (unpaired) electrons. The molecule has 1 atom stereocenters. The molecule has 1 saturated heterocycles. The van der Waals surface area contributed by atoms with E-state index in [1.54, 1.807) is 11.5 Å². The minimum absolute atomic E-state index is 0.259. The van der Waals surface area contributed by atoms with Gasteiger partial charge in [-0.05, 0) is 5.41 Å². The summed E-state index contributed by atoms with van der Waals surface area (Å²) in [5.74, 6) is 0. The van der Waals surface area contributed by atoms with E-state index in [2.05, 4.69) is 17.4 Å². The highest BCUT2D eigenvalue weighted by Gasteiger charge is 2.24. The highest BCUT2D eigenvalue weighted by atomic mass is 32.1. The summed E-state index contributed by atoms with van der Waals surface area (Å²) in [5.41, 5.74) is 0. The normalized spacial score (nSPS) is 22.8. The molecule has 0 spiro atoms. The van der Waals surface area contributed by atoms with Crippen molar-refractivity contribution >= 4 is 18.8 Å². The Labute approximate surface area is 75.9 Å². The first kappa shape index (κ1) is 9.41. The maximum Gasteiger partial charge on any atom is 0.508 e. The molecular formula is C7H10O4S. The summed E-state index contributed by atoms with van der Waals surface area (Å²) < 4.78 is 14.4. The van der Waals surface area contributed by atoms with Gasteiger partial charge in [-0.2, -0.15) is 12.6 Å². The molecule has 0 bridgehead atoms. The molecule has 5 heteroatoms. The van der Waals surface area contributed by atoms with Crippen molar-refractivity contribution in [1.82, 2.24) is 0 Å². The predicted octanol–water partition coefficient (Wildman–Crippen LogP) is 0.982. The Hall–Kier alpha value is -0.680. The maximum atomic E-state index is 10.4. The molecule has 1 heterocycles. The molecule has 0 N–H and O–H groups in total. The Morgan fingerprint density at radius 1 is 1.75 bits per heavy atom. The van der Waals surface area contributed by atoms with E-state index in [9.17, 15) is 4.79 Å². The van der Waals surface area contributed by atoms with Gasteiger partial charge in [0.25, 0.3) is 0 Å². The summed E-state index contributed by atoms with van der Waals surface area (Å²) in [6.45, 7) is 1.12. The molecule has 1 unspecified atom stereocenters. The summed E-state index contributed by atoms with van der Waals surface area (Å²) in [7, 11) is 0. The fourth-order valence-corrected chi connectivity index (χ4v) is 0.844. The molecular weight excluding hydrogens is 180 g/mol. The van der Waals surface area contributed by atoms with Gasteiger partial charge in [-0.3, -0.25) is 0 Å². The molecule has 0 aromatic carbocycles. The van der Waals surface area contributed by atoms with Gasteiger partial charge in [0.2, 0.25) is 0 Å². The Kier molecular flexibility index (Phi) is 3.96. The molecule has 0 aliphatic carbocycles. The first-order valence-corrected chi connectivity index (χ1v) is 4.05. The summed E-state index contributed by atoms with van der Waals surface area (Å²) in [6.07, 6.45) is 0.875. The first-order chi connectivity index (χ1) is 5.83. The second kappa shape index (κ2) is 5.05. The third kappa shape index (κ3) is 3.15. The second-order valence-electron chi connectivity index (χ2n) is 2.22. The van der Waals surface area contributed by atoms with Crippen LogP contribution in [0.15, 0.2) is 11.5 Å². The third-order valence-corrected chi connectivity index (χ3v) is 1.48. The number of hydrogen-bond donors (Lipinski definition) is 1. The second-order valence-corrected chi connectivity index (χ2v) is 2.52. The number of cyclic esters (lactones) is 2. The van der Waals surface area contributed by atoms with Crippen LogP contribution in [-0.2, 0) is 14.2 Å². The Morgan fingerprint density at radius 2 is 2.58 bits per heavy atom. The minimum Gasteiger partial charge on any atom is -0.430 e. The molecule has 68 valence electrons. The largest absolute Gasteiger partial charge is 0.508 e. The van der Waals surface area contributed by atoms with Crippen LogP contribution in [0.5, 0.6) is 0 Å². The van der Waals surface area contributed by atoms with Gasteiger partial charge < -0.3 is 14.2 Å². The Morgan fingerprint density at radius 3 is 3.17 bits per heavy atom. The van der Waals surface area contributed by atoms with E-state index in [0.29, 0.717) is 13.2 Å². The van der Waals surface area contributed by atoms with Crippen LogP contribution in [0.4, 0.5) is 4.79 Å². The average molecular weight is 190 g/mol. The van der Waals surface area contributed by atoms with E-state index in [1.165, 1.54) is 0 Å². The first-order valence-electron chi connectivity index (χ1n) is 3.53. The van der Waals surface area contributed by atoms with Crippen LogP contribution >= 0.6 is 12.6 Å². The highest BCUT2D eigenvalue weighted by molar-refractivity contribution is 7.83. The Bertz CT molecular complexity index is 180. The molecule has 12 heavy (non-hydrogen) atoms. The molecule has 1 rings (SSSR count). The number of carbonyl (C=O) groups is 1. The smallest absolute Gasteiger partial charge is 0.430 e. The van der Waals surface area contributed by atoms with Crippen LogP contribution in [0.2, 0.25) is 0 Å². The zero-order valence-corrected chi connectivity index (χ0v) is 7.33. The lowest BCUT2D eigenvalue weighted by atomic mass is 10.4. The number of rotatable bonds is 4. The van der Waals surface area contributed by atoms with E-state index < -0.39 is 6.16 Å². The quantitative estimate of drug-likeness (QED) is 0.408. The van der Waals surface area contributed by atoms with Crippen molar-refractivity contribution in [2.45, 2.75) is 6.10 Å². The molecule has 1 aliphatic rings. The number of carbonyl (C=O) groups excluding carboxylic acids is 1. The zero-order valence-electron chi connectivity index (χ0n) is 6.43. The van der Waals surface area contributed by atoms with Gasteiger partial charge in [0.05, 0.1) is 13.2 Å². The van der Waals surface area contributed by atoms with Crippen LogP contribution in [-0.4, -0.2) is 32.1 Å². The van der Waals surface area contributed by atoms with Gasteiger partial charge in [-0.25, -0.2) is 4.79 Å². The molecule has 4 nitrogen and oxygen atoms in total. The predicted molar refractivity (Wildman–Crippen MR) is 45.2 cm³/mol. The fraction of sp³-hybridized carbons (Fsp3) is 0.571. The lowest BCUT2D eigenvalue weighted by Gasteiger charge is -2.04. The molecule has 1 fully saturated rings. The molecule has 0 amide bonds. The van der Waals surface area contributed by atoms with Gasteiger partial charge in [-0.1, -0.05) is 6.08 Å². The lowest BCUT2D eigenvalue weighted by Crippen LogP contribution is -2.17. The minimum atomic E-state index is -0.617. The van der Waals surface area contributed by atoms with E-state index in [4.69, 9.17) is 9.47 Å². The van der Waals surface area contributed by atoms with Crippen molar-refractivity contribution in [1.29, 1.82) is 0 Å². The van der Waals surface area contributed by atoms with Crippen LogP contribution < -0.4 is 0 Å². The summed E-state index contributed by atoms with van der Waals surface area (Å²) in [4.78, 5) is 10.4. The van der Waals surface area contributed by atoms with Crippen molar-refractivity contribution in [2.75, 3.05) is 19.8 Å². The topological polar surface area (TPSA) is 44.8 Å². The number of thiol groups is 1. The van der Waals surface area contributed by atoms with E-state index >= 15 is 0 Å². The SMILES string of the molecule is O=C1OCC(COC/C=C/S)O1. The monoisotopic (exact) mass is 190 g/mol. The average Bonchev–Trinajstić information content (AvgIpc) is 2.45. The van der Waals surface area contributed by atoms with Crippen LogP contribution in [0, 0.1) is 0 Å². The summed E-state index contributed by atoms with van der Waals surface area (Å²) >= 11 is 3.85. The standard InChI is InChI=1S/C7H10O4S/c8-7-10-5-6(11-7)4-9-2-1-3-12/h1,3,6,12H,2,4-5H2/b3-1+. The van der Waals surface area contributed by atoms with E-state index in [1.807, 2.05) is 0 Å². The van der Waals surface area contributed by atoms with Crippen LogP contribution in [0.1, 0.15) is 0 Å². The van der Waals surface area contributed by atoms with Gasteiger partial charge >= 0.3 is 6.16 Å². The van der Waals surface area contributed by atoms with Crippen molar-refractivity contribution < 1.29 is 19.0 Å². The van der Waals surface area contributed by atoms with Gasteiger partial charge in [0.15, 0.2) is 6.10 Å². The van der Waals surface area contributed by atoms with Gasteiger partial charge in [0, 0.05) is 0 Å². The Balaban J connectivity index is 2.04. The lowest BCUT2D eigenvalue weighted by molar-refractivity contribution is 0.0577. The molecule has 1 aliphatic heterocycles. The number of hydrogen-bond acceptors (Lipinski definition) is 5. The van der Waals surface area contributed by atoms with Crippen LogP contribution in [0.3, 0.4) is 0 Å². The third-order valence-electron chi connectivity index (χ3n) is 1.27.